The van der Waals surface area contributed by atoms with Crippen LogP contribution in [0.4, 0.5) is 17.2 Å². The minimum atomic E-state index is -0.465. The number of aromatic nitrogens is 1. The molecular formula is C24H21N3O4. The van der Waals surface area contributed by atoms with Gasteiger partial charge in [0.15, 0.2) is 0 Å². The van der Waals surface area contributed by atoms with Crippen LogP contribution in [-0.4, -0.2) is 25.2 Å². The van der Waals surface area contributed by atoms with Crippen LogP contribution in [0.25, 0.3) is 10.8 Å². The number of nitrogens with two attached hydrogens (primary N) is 1. The first-order chi connectivity index (χ1) is 15.1. The molecule has 0 aliphatic heterocycles. The normalized spacial score (nSPS) is 10.5. The van der Waals surface area contributed by atoms with Gasteiger partial charge in [0.25, 0.3) is 0 Å². The molecule has 7 heteroatoms. The first-order valence-corrected chi connectivity index (χ1v) is 9.53. The Kier molecular flexibility index (Phi) is 5.57. The third-order valence-corrected chi connectivity index (χ3v) is 4.76. The van der Waals surface area contributed by atoms with Crippen molar-refractivity contribution in [2.45, 2.75) is 0 Å². The van der Waals surface area contributed by atoms with Crippen molar-refractivity contribution in [2.75, 3.05) is 25.3 Å². The van der Waals surface area contributed by atoms with Crippen molar-refractivity contribution in [3.63, 3.8) is 0 Å². The Bertz CT molecular complexity index is 1260. The van der Waals surface area contributed by atoms with Crippen molar-refractivity contribution in [3.8, 4) is 17.2 Å². The summed E-state index contributed by atoms with van der Waals surface area (Å²) in [6.07, 6.45) is 1.65. The Morgan fingerprint density at radius 1 is 0.935 bits per heavy atom. The van der Waals surface area contributed by atoms with Gasteiger partial charge in [0.1, 0.15) is 28.6 Å². The quantitative estimate of drug-likeness (QED) is 0.332. The smallest absolute Gasteiger partial charge is 0.341 e. The Morgan fingerprint density at radius 3 is 2.52 bits per heavy atom. The molecule has 3 aromatic carbocycles. The maximum atomic E-state index is 11.8. The zero-order chi connectivity index (χ0) is 21.8. The van der Waals surface area contributed by atoms with E-state index in [0.29, 0.717) is 40.0 Å². The van der Waals surface area contributed by atoms with Crippen LogP contribution in [0.1, 0.15) is 10.4 Å². The molecule has 0 unspecified atom stereocenters. The number of anilines is 3. The monoisotopic (exact) mass is 415 g/mol. The summed E-state index contributed by atoms with van der Waals surface area (Å²) in [5.74, 6) is 1.83. The second-order valence-electron chi connectivity index (χ2n) is 6.71. The number of methoxy groups -OCH3 is 2. The Labute approximate surface area is 179 Å². The number of benzene rings is 3. The van der Waals surface area contributed by atoms with Crippen LogP contribution in [0.3, 0.4) is 0 Å². The van der Waals surface area contributed by atoms with Crippen LogP contribution in [0, 0.1) is 0 Å². The van der Waals surface area contributed by atoms with Gasteiger partial charge in [-0.15, -0.1) is 0 Å². The number of nitrogens with zero attached hydrogens (tertiary/aromatic N) is 1. The van der Waals surface area contributed by atoms with E-state index in [1.165, 1.54) is 14.2 Å². The Hall–Kier alpha value is -4.26. The van der Waals surface area contributed by atoms with E-state index >= 15 is 0 Å². The molecule has 0 saturated carbocycles. The highest BCUT2D eigenvalue weighted by Crippen LogP contribution is 2.34. The fourth-order valence-corrected chi connectivity index (χ4v) is 3.25. The van der Waals surface area contributed by atoms with Crippen molar-refractivity contribution in [1.82, 2.24) is 4.98 Å². The van der Waals surface area contributed by atoms with E-state index in [1.54, 1.807) is 36.5 Å². The molecule has 31 heavy (non-hydrogen) atoms. The molecule has 0 saturated heterocycles. The van der Waals surface area contributed by atoms with Crippen LogP contribution in [-0.2, 0) is 4.74 Å². The number of pyridine rings is 1. The van der Waals surface area contributed by atoms with Gasteiger partial charge in [0.05, 0.1) is 14.2 Å². The van der Waals surface area contributed by atoms with E-state index in [1.807, 2.05) is 36.4 Å². The fraction of sp³-hybridized carbons (Fsp3) is 0.0833. The molecular weight excluding hydrogens is 394 g/mol. The fourth-order valence-electron chi connectivity index (χ4n) is 3.25. The van der Waals surface area contributed by atoms with E-state index in [9.17, 15) is 4.79 Å². The predicted molar refractivity (Wildman–Crippen MR) is 120 cm³/mol. The Morgan fingerprint density at radius 2 is 1.74 bits per heavy atom. The second-order valence-corrected chi connectivity index (χ2v) is 6.71. The summed E-state index contributed by atoms with van der Waals surface area (Å²) >= 11 is 0. The predicted octanol–water partition coefficient (Wildman–Crippen LogP) is 5.15. The number of carbonyl (C=O) groups is 1. The highest BCUT2D eigenvalue weighted by Gasteiger charge is 2.13. The molecule has 1 heterocycles. The Balaban J connectivity index is 1.59. The summed E-state index contributed by atoms with van der Waals surface area (Å²) in [4.78, 5) is 16.2. The summed E-state index contributed by atoms with van der Waals surface area (Å²) in [6.45, 7) is 0. The first kappa shape index (κ1) is 20.0. The highest BCUT2D eigenvalue weighted by atomic mass is 16.5. The molecule has 4 aromatic rings. The van der Waals surface area contributed by atoms with Crippen molar-refractivity contribution >= 4 is 33.9 Å². The lowest BCUT2D eigenvalue weighted by atomic mass is 10.1. The molecule has 0 amide bonds. The lowest BCUT2D eigenvalue weighted by molar-refractivity contribution is 0.0597. The van der Waals surface area contributed by atoms with Crippen LogP contribution in [0.5, 0.6) is 17.2 Å². The largest absolute Gasteiger partial charge is 0.496 e. The van der Waals surface area contributed by atoms with Crippen molar-refractivity contribution in [1.29, 1.82) is 0 Å². The third kappa shape index (κ3) is 4.20. The number of ether oxygens (including phenoxy) is 3. The van der Waals surface area contributed by atoms with E-state index < -0.39 is 5.97 Å². The number of hydrogen-bond donors (Lipinski definition) is 2. The van der Waals surface area contributed by atoms with Crippen LogP contribution in [0.2, 0.25) is 0 Å². The average Bonchev–Trinajstić information content (AvgIpc) is 2.81. The average molecular weight is 415 g/mol. The van der Waals surface area contributed by atoms with Gasteiger partial charge in [-0.25, -0.2) is 9.78 Å². The van der Waals surface area contributed by atoms with Gasteiger partial charge in [-0.2, -0.15) is 0 Å². The lowest BCUT2D eigenvalue weighted by Gasteiger charge is -2.13. The minimum Gasteiger partial charge on any atom is -0.496 e. The van der Waals surface area contributed by atoms with Crippen molar-refractivity contribution in [3.05, 3.63) is 78.5 Å². The number of hydrogen-bond acceptors (Lipinski definition) is 7. The van der Waals surface area contributed by atoms with Crippen LogP contribution >= 0.6 is 0 Å². The molecule has 0 radical (unpaired) electrons. The van der Waals surface area contributed by atoms with Gasteiger partial charge in [0, 0.05) is 40.5 Å². The highest BCUT2D eigenvalue weighted by molar-refractivity contribution is 5.97. The number of nitrogens with one attached hydrogen (secondary N) is 1. The van der Waals surface area contributed by atoms with Gasteiger partial charge in [-0.1, -0.05) is 24.3 Å². The van der Waals surface area contributed by atoms with E-state index in [0.717, 1.165) is 10.8 Å². The molecule has 4 rings (SSSR count). The summed E-state index contributed by atoms with van der Waals surface area (Å²) in [5.41, 5.74) is 7.82. The minimum absolute atomic E-state index is 0.343. The summed E-state index contributed by atoms with van der Waals surface area (Å²) < 4.78 is 16.2. The summed E-state index contributed by atoms with van der Waals surface area (Å²) in [5, 5.41) is 5.06. The topological polar surface area (TPSA) is 95.7 Å². The maximum absolute atomic E-state index is 11.8. The first-order valence-electron chi connectivity index (χ1n) is 9.53. The number of esters is 1. The molecule has 0 spiro atoms. The van der Waals surface area contributed by atoms with Gasteiger partial charge in [-0.3, -0.25) is 0 Å². The molecule has 0 bridgehead atoms. The van der Waals surface area contributed by atoms with Crippen molar-refractivity contribution < 1.29 is 19.0 Å². The number of carbonyl (C=O) groups excluding carboxylic acids is 1. The molecule has 156 valence electrons. The molecule has 0 aliphatic rings. The molecule has 0 aliphatic carbocycles. The molecule has 1 aromatic heterocycles. The van der Waals surface area contributed by atoms with Crippen LogP contribution in [0.15, 0.2) is 72.9 Å². The standard InChI is InChI=1S/C24H21N3O4/c1-29-22-13-15(7-8-19(22)24(28)30-2)27-23-14-16(11-12-26-23)31-21-10-9-20(25)17-5-3-4-6-18(17)21/h3-14H,25H2,1-2H3,(H,26,27). The second kappa shape index (κ2) is 8.62. The van der Waals surface area contributed by atoms with Crippen molar-refractivity contribution in [2.24, 2.45) is 0 Å². The van der Waals surface area contributed by atoms with E-state index in [2.05, 4.69) is 10.3 Å². The third-order valence-electron chi connectivity index (χ3n) is 4.76. The van der Waals surface area contributed by atoms with Gasteiger partial charge < -0.3 is 25.3 Å². The van der Waals surface area contributed by atoms with E-state index in [4.69, 9.17) is 19.9 Å². The zero-order valence-corrected chi connectivity index (χ0v) is 17.1. The molecule has 3 N–H and O–H groups in total. The van der Waals surface area contributed by atoms with Gasteiger partial charge in [0.2, 0.25) is 0 Å². The van der Waals surface area contributed by atoms with Crippen LogP contribution < -0.4 is 20.5 Å². The van der Waals surface area contributed by atoms with E-state index in [-0.39, 0.29) is 0 Å². The number of nitrogen functional groups attached to an aromatic ring is 1. The zero-order valence-electron chi connectivity index (χ0n) is 17.1. The molecule has 0 fully saturated rings. The molecule has 7 nitrogen and oxygen atoms in total. The van der Waals surface area contributed by atoms with Gasteiger partial charge in [-0.05, 0) is 30.3 Å². The molecule has 0 atom stereocenters. The SMILES string of the molecule is COC(=O)c1ccc(Nc2cc(Oc3ccc(N)c4ccccc34)ccn2)cc1OC. The van der Waals surface area contributed by atoms with Gasteiger partial charge >= 0.3 is 5.97 Å². The maximum Gasteiger partial charge on any atom is 0.341 e. The summed E-state index contributed by atoms with van der Waals surface area (Å²) in [7, 11) is 2.82. The number of fused-ring (bicyclic) bond motifs is 1. The summed E-state index contributed by atoms with van der Waals surface area (Å²) in [6, 6.07) is 20.1. The lowest BCUT2D eigenvalue weighted by Crippen LogP contribution is -2.04. The number of rotatable bonds is 6.